The minimum atomic E-state index is -3.07. The second kappa shape index (κ2) is 2.48. The lowest BCUT2D eigenvalue weighted by Gasteiger charge is -2.22. The zero-order chi connectivity index (χ0) is 7.78. The van der Waals surface area contributed by atoms with Crippen molar-refractivity contribution in [3.63, 3.8) is 0 Å². The van der Waals surface area contributed by atoms with Gasteiger partial charge in [0.05, 0.1) is 23.7 Å². The Balaban J connectivity index is 2.66. The first kappa shape index (κ1) is 7.97. The largest absolute Gasteiger partial charge is 0.390 e. The van der Waals surface area contributed by atoms with Crippen LogP contribution in [0.2, 0.25) is 0 Å². The molecular weight excluding hydrogens is 156 g/mol. The van der Waals surface area contributed by atoms with Gasteiger partial charge in [0.2, 0.25) is 0 Å². The van der Waals surface area contributed by atoms with E-state index in [0.717, 1.165) is 0 Å². The smallest absolute Gasteiger partial charge is 0.153 e. The van der Waals surface area contributed by atoms with Gasteiger partial charge in [-0.2, -0.15) is 0 Å². The van der Waals surface area contributed by atoms with Gasteiger partial charge in [0, 0.05) is 0 Å². The van der Waals surface area contributed by atoms with E-state index >= 15 is 0 Å². The van der Waals surface area contributed by atoms with Crippen molar-refractivity contribution in [2.24, 2.45) is 0 Å². The van der Waals surface area contributed by atoms with E-state index in [9.17, 15) is 8.42 Å². The lowest BCUT2D eigenvalue weighted by atomic mass is 10.2. The summed E-state index contributed by atoms with van der Waals surface area (Å²) in [6.45, 7) is 0. The average molecular weight is 166 g/mol. The zero-order valence-corrected chi connectivity index (χ0v) is 6.21. The summed E-state index contributed by atoms with van der Waals surface area (Å²) in [5.74, 6) is -0.306. The molecule has 0 unspecified atom stereocenters. The molecule has 2 atom stereocenters. The molecule has 0 radical (unpaired) electrons. The maximum absolute atomic E-state index is 10.7. The third-order valence-corrected chi connectivity index (χ3v) is 3.30. The van der Waals surface area contributed by atoms with E-state index in [2.05, 4.69) is 0 Å². The van der Waals surface area contributed by atoms with Crippen LogP contribution in [0.4, 0.5) is 0 Å². The SMILES string of the molecule is O=S1(=O)CC[C@@H](O)[C@@H](O)C1. The summed E-state index contributed by atoms with van der Waals surface area (Å²) in [4.78, 5) is 0. The van der Waals surface area contributed by atoms with Crippen LogP contribution >= 0.6 is 0 Å². The number of sulfone groups is 1. The Hall–Kier alpha value is -0.130. The highest BCUT2D eigenvalue weighted by atomic mass is 32.2. The van der Waals surface area contributed by atoms with Gasteiger partial charge in [-0.25, -0.2) is 8.42 Å². The topological polar surface area (TPSA) is 74.6 Å². The summed E-state index contributed by atoms with van der Waals surface area (Å²) in [6, 6.07) is 0. The van der Waals surface area contributed by atoms with E-state index in [-0.39, 0.29) is 17.9 Å². The van der Waals surface area contributed by atoms with E-state index in [1.807, 2.05) is 0 Å². The van der Waals surface area contributed by atoms with Crippen LogP contribution in [0.15, 0.2) is 0 Å². The maximum atomic E-state index is 10.7. The second-order valence-corrected chi connectivity index (χ2v) is 4.77. The van der Waals surface area contributed by atoms with Gasteiger partial charge in [-0.1, -0.05) is 0 Å². The van der Waals surface area contributed by atoms with Gasteiger partial charge >= 0.3 is 0 Å². The number of hydrogen-bond donors (Lipinski definition) is 2. The Bertz CT molecular complexity index is 208. The van der Waals surface area contributed by atoms with Crippen molar-refractivity contribution < 1.29 is 18.6 Å². The molecule has 60 valence electrons. The van der Waals surface area contributed by atoms with Crippen LogP contribution in [-0.4, -0.2) is 42.3 Å². The van der Waals surface area contributed by atoms with E-state index in [1.165, 1.54) is 0 Å². The minimum Gasteiger partial charge on any atom is -0.390 e. The van der Waals surface area contributed by atoms with Crippen LogP contribution in [0.5, 0.6) is 0 Å². The first-order chi connectivity index (χ1) is 4.51. The normalized spacial score (nSPS) is 39.4. The lowest BCUT2D eigenvalue weighted by Crippen LogP contribution is -2.40. The molecule has 2 N–H and O–H groups in total. The molecule has 0 spiro atoms. The summed E-state index contributed by atoms with van der Waals surface area (Å²) < 4.78 is 21.5. The summed E-state index contributed by atoms with van der Waals surface area (Å²) in [5, 5.41) is 17.8. The molecule has 0 aromatic rings. The molecule has 0 aromatic carbocycles. The summed E-state index contributed by atoms with van der Waals surface area (Å²) in [7, 11) is -3.07. The molecule has 0 aromatic heterocycles. The van der Waals surface area contributed by atoms with Gasteiger partial charge in [0.1, 0.15) is 0 Å². The quantitative estimate of drug-likeness (QED) is 0.460. The molecule has 0 saturated carbocycles. The van der Waals surface area contributed by atoms with E-state index < -0.39 is 22.0 Å². The first-order valence-corrected chi connectivity index (χ1v) is 4.90. The summed E-state index contributed by atoms with van der Waals surface area (Å²) in [5.41, 5.74) is 0. The third-order valence-electron chi connectivity index (χ3n) is 1.59. The Morgan fingerprint density at radius 1 is 1.20 bits per heavy atom. The monoisotopic (exact) mass is 166 g/mol. The van der Waals surface area contributed by atoms with Crippen molar-refractivity contribution in [3.05, 3.63) is 0 Å². The summed E-state index contributed by atoms with van der Waals surface area (Å²) >= 11 is 0. The standard InChI is InChI=1S/C5H10O4S/c6-4-1-2-10(8,9)3-5(4)7/h4-7H,1-3H2/t4-,5+/m1/s1. The highest BCUT2D eigenvalue weighted by molar-refractivity contribution is 7.91. The van der Waals surface area contributed by atoms with Crippen molar-refractivity contribution in [2.75, 3.05) is 11.5 Å². The molecule has 1 fully saturated rings. The highest BCUT2D eigenvalue weighted by Gasteiger charge is 2.29. The van der Waals surface area contributed by atoms with Gasteiger partial charge < -0.3 is 10.2 Å². The molecular formula is C5H10O4S. The molecule has 10 heavy (non-hydrogen) atoms. The van der Waals surface area contributed by atoms with Crippen LogP contribution < -0.4 is 0 Å². The molecule has 0 amide bonds. The molecule has 1 rings (SSSR count). The van der Waals surface area contributed by atoms with Gasteiger partial charge in [-0.05, 0) is 6.42 Å². The molecule has 1 saturated heterocycles. The fourth-order valence-corrected chi connectivity index (χ4v) is 2.46. The van der Waals surface area contributed by atoms with Gasteiger partial charge in [-0.15, -0.1) is 0 Å². The maximum Gasteiger partial charge on any atom is 0.153 e. The van der Waals surface area contributed by atoms with Crippen LogP contribution in [0.3, 0.4) is 0 Å². The molecule has 1 aliphatic heterocycles. The number of hydrogen-bond acceptors (Lipinski definition) is 4. The van der Waals surface area contributed by atoms with Crippen molar-refractivity contribution in [2.45, 2.75) is 18.6 Å². The van der Waals surface area contributed by atoms with Crippen molar-refractivity contribution in [1.82, 2.24) is 0 Å². The van der Waals surface area contributed by atoms with Crippen molar-refractivity contribution in [1.29, 1.82) is 0 Å². The average Bonchev–Trinajstić information content (AvgIpc) is 1.79. The van der Waals surface area contributed by atoms with E-state index in [0.29, 0.717) is 0 Å². The van der Waals surface area contributed by atoms with Crippen molar-refractivity contribution in [3.8, 4) is 0 Å². The Morgan fingerprint density at radius 3 is 2.20 bits per heavy atom. The van der Waals surface area contributed by atoms with Crippen LogP contribution in [0.1, 0.15) is 6.42 Å². The Morgan fingerprint density at radius 2 is 1.80 bits per heavy atom. The fraction of sp³-hybridized carbons (Fsp3) is 1.00. The van der Waals surface area contributed by atoms with E-state index in [4.69, 9.17) is 10.2 Å². The number of rotatable bonds is 0. The highest BCUT2D eigenvalue weighted by Crippen LogP contribution is 2.12. The zero-order valence-electron chi connectivity index (χ0n) is 5.40. The van der Waals surface area contributed by atoms with Crippen LogP contribution in [0.25, 0.3) is 0 Å². The third kappa shape index (κ3) is 1.68. The lowest BCUT2D eigenvalue weighted by molar-refractivity contribution is 0.0275. The first-order valence-electron chi connectivity index (χ1n) is 3.08. The molecule has 0 aliphatic carbocycles. The minimum absolute atomic E-state index is 0.00870. The molecule has 0 bridgehead atoms. The predicted octanol–water partition coefficient (Wildman–Crippen LogP) is -1.47. The van der Waals surface area contributed by atoms with Crippen molar-refractivity contribution >= 4 is 9.84 Å². The van der Waals surface area contributed by atoms with Crippen LogP contribution in [0, 0.1) is 0 Å². The molecule has 4 nitrogen and oxygen atoms in total. The van der Waals surface area contributed by atoms with Gasteiger partial charge in [0.15, 0.2) is 9.84 Å². The van der Waals surface area contributed by atoms with Gasteiger partial charge in [-0.3, -0.25) is 0 Å². The fourth-order valence-electron chi connectivity index (χ4n) is 0.947. The molecule has 1 aliphatic rings. The molecule has 5 heteroatoms. The molecule has 1 heterocycles. The number of aliphatic hydroxyl groups is 2. The van der Waals surface area contributed by atoms with Crippen LogP contribution in [-0.2, 0) is 9.84 Å². The Kier molecular flexibility index (Phi) is 1.98. The number of aliphatic hydroxyl groups excluding tert-OH is 2. The summed E-state index contributed by atoms with van der Waals surface area (Å²) in [6.07, 6.45) is -1.79. The van der Waals surface area contributed by atoms with Gasteiger partial charge in [0.25, 0.3) is 0 Å². The Labute approximate surface area is 59.4 Å². The predicted molar refractivity (Wildman–Crippen MR) is 35.3 cm³/mol. The van der Waals surface area contributed by atoms with E-state index in [1.54, 1.807) is 0 Å². The second-order valence-electron chi connectivity index (χ2n) is 2.54.